The molecule has 0 saturated carbocycles. The third-order valence-corrected chi connectivity index (χ3v) is 3.67. The summed E-state index contributed by atoms with van der Waals surface area (Å²) in [5, 5.41) is 9.00. The van der Waals surface area contributed by atoms with Crippen LogP contribution in [0.25, 0.3) is 0 Å². The van der Waals surface area contributed by atoms with Crippen molar-refractivity contribution in [3.63, 3.8) is 0 Å². The number of nitrogens with two attached hydrogens (primary N) is 1. The van der Waals surface area contributed by atoms with Crippen molar-refractivity contribution >= 4 is 27.8 Å². The number of nitrogens with zero attached hydrogens (tertiary/aromatic N) is 1. The summed E-state index contributed by atoms with van der Waals surface area (Å²) in [6, 6.07) is 4.04. The van der Waals surface area contributed by atoms with Crippen LogP contribution >= 0.6 is 15.9 Å². The number of benzene rings is 1. The van der Waals surface area contributed by atoms with Gasteiger partial charge in [-0.1, -0.05) is 15.9 Å². The molecule has 1 fully saturated rings. The maximum Gasteiger partial charge on any atom is 0.325 e. The highest BCUT2D eigenvalue weighted by Crippen LogP contribution is 2.23. The molecule has 1 atom stereocenters. The van der Waals surface area contributed by atoms with Crippen molar-refractivity contribution < 1.29 is 19.1 Å². The van der Waals surface area contributed by atoms with Gasteiger partial charge in [0.1, 0.15) is 11.4 Å². The van der Waals surface area contributed by atoms with E-state index in [0.717, 1.165) is 0 Å². The second kappa shape index (κ2) is 4.90. The van der Waals surface area contributed by atoms with Crippen LogP contribution in [-0.4, -0.2) is 40.5 Å². The van der Waals surface area contributed by atoms with E-state index in [4.69, 9.17) is 10.8 Å². The average molecular weight is 331 g/mol. The van der Waals surface area contributed by atoms with Gasteiger partial charge in [-0.05, 0) is 24.6 Å². The molecule has 102 valence electrons. The van der Waals surface area contributed by atoms with E-state index in [2.05, 4.69) is 15.9 Å². The number of rotatable bonds is 2. The molecule has 1 saturated heterocycles. The van der Waals surface area contributed by atoms with E-state index in [0.29, 0.717) is 4.47 Å². The molecule has 7 heteroatoms. The van der Waals surface area contributed by atoms with Gasteiger partial charge in [0.15, 0.2) is 0 Å². The topological polar surface area (TPSA) is 83.6 Å². The second-order valence-electron chi connectivity index (χ2n) is 4.56. The molecule has 1 aromatic carbocycles. The minimum atomic E-state index is -1.45. The molecule has 5 nitrogen and oxygen atoms in total. The number of carbonyl (C=O) groups excluding carboxylic acids is 1. The van der Waals surface area contributed by atoms with E-state index in [9.17, 15) is 14.0 Å². The Morgan fingerprint density at radius 3 is 2.74 bits per heavy atom. The van der Waals surface area contributed by atoms with Crippen molar-refractivity contribution in [2.75, 3.05) is 13.1 Å². The molecule has 0 aliphatic carbocycles. The van der Waals surface area contributed by atoms with Crippen LogP contribution in [0.5, 0.6) is 0 Å². The van der Waals surface area contributed by atoms with Crippen LogP contribution < -0.4 is 5.73 Å². The van der Waals surface area contributed by atoms with Gasteiger partial charge in [-0.25, -0.2) is 4.39 Å². The zero-order valence-corrected chi connectivity index (χ0v) is 11.5. The van der Waals surface area contributed by atoms with Crippen molar-refractivity contribution in [3.05, 3.63) is 34.1 Å². The lowest BCUT2D eigenvalue weighted by Gasteiger charge is -2.20. The van der Waals surface area contributed by atoms with Crippen LogP contribution in [0.1, 0.15) is 16.8 Å². The molecule has 2 rings (SSSR count). The van der Waals surface area contributed by atoms with E-state index >= 15 is 0 Å². The minimum Gasteiger partial charge on any atom is -0.480 e. The molecular formula is C12H12BrFN2O3. The Balaban J connectivity index is 2.22. The molecule has 1 aliphatic heterocycles. The highest BCUT2D eigenvalue weighted by Gasteiger charge is 2.43. The van der Waals surface area contributed by atoms with Crippen LogP contribution in [0, 0.1) is 5.82 Å². The lowest BCUT2D eigenvalue weighted by atomic mass is 10.0. The monoisotopic (exact) mass is 330 g/mol. The van der Waals surface area contributed by atoms with Crippen molar-refractivity contribution in [3.8, 4) is 0 Å². The molecule has 1 unspecified atom stereocenters. The van der Waals surface area contributed by atoms with Gasteiger partial charge >= 0.3 is 5.97 Å². The SMILES string of the molecule is NC1(C(=O)O)CCN(C(=O)c2cc(Br)ccc2F)C1. The Kier molecular flexibility index (Phi) is 3.60. The number of carbonyl (C=O) groups is 2. The molecule has 0 bridgehead atoms. The fourth-order valence-corrected chi connectivity index (χ4v) is 2.37. The second-order valence-corrected chi connectivity index (χ2v) is 5.48. The normalized spacial score (nSPS) is 22.6. The summed E-state index contributed by atoms with van der Waals surface area (Å²) in [4.78, 5) is 24.4. The van der Waals surface area contributed by atoms with E-state index in [-0.39, 0.29) is 25.1 Å². The molecule has 3 N–H and O–H groups in total. The summed E-state index contributed by atoms with van der Waals surface area (Å²) in [5.41, 5.74) is 4.14. The summed E-state index contributed by atoms with van der Waals surface area (Å²) in [6.07, 6.45) is 0.156. The summed E-state index contributed by atoms with van der Waals surface area (Å²) in [7, 11) is 0. The third-order valence-electron chi connectivity index (χ3n) is 3.17. The van der Waals surface area contributed by atoms with Gasteiger partial charge in [0, 0.05) is 17.6 Å². The van der Waals surface area contributed by atoms with Gasteiger partial charge in [0.05, 0.1) is 5.56 Å². The van der Waals surface area contributed by atoms with Crippen molar-refractivity contribution in [1.82, 2.24) is 4.90 Å². The Hall–Kier alpha value is -1.47. The lowest BCUT2D eigenvalue weighted by molar-refractivity contribution is -0.142. The standard InChI is InChI=1S/C12H12BrFN2O3/c13-7-1-2-9(14)8(5-7)10(17)16-4-3-12(15,6-16)11(18)19/h1-2,5H,3-4,6,15H2,(H,18,19). The van der Waals surface area contributed by atoms with E-state index in [1.165, 1.54) is 23.1 Å². The maximum absolute atomic E-state index is 13.6. The van der Waals surface area contributed by atoms with E-state index in [1.54, 1.807) is 0 Å². The van der Waals surface area contributed by atoms with Crippen LogP contribution in [0.2, 0.25) is 0 Å². The first-order valence-corrected chi connectivity index (χ1v) is 6.39. The van der Waals surface area contributed by atoms with E-state index in [1.807, 2.05) is 0 Å². The highest BCUT2D eigenvalue weighted by atomic mass is 79.9. The number of aliphatic carboxylic acids is 1. The Bertz CT molecular complexity index is 552. The quantitative estimate of drug-likeness (QED) is 0.853. The first kappa shape index (κ1) is 14.0. The predicted molar refractivity (Wildman–Crippen MR) is 69.2 cm³/mol. The number of amides is 1. The average Bonchev–Trinajstić information content (AvgIpc) is 2.76. The molecule has 0 radical (unpaired) electrons. The molecule has 19 heavy (non-hydrogen) atoms. The molecule has 0 aromatic heterocycles. The summed E-state index contributed by atoms with van der Waals surface area (Å²) < 4.78 is 14.2. The van der Waals surface area contributed by atoms with Crippen LogP contribution in [-0.2, 0) is 4.79 Å². The molecule has 0 spiro atoms. The Morgan fingerprint density at radius 1 is 1.47 bits per heavy atom. The summed E-state index contributed by atoms with van der Waals surface area (Å²) in [5.74, 6) is -2.34. The number of likely N-dealkylation sites (tertiary alicyclic amines) is 1. The highest BCUT2D eigenvalue weighted by molar-refractivity contribution is 9.10. The van der Waals surface area contributed by atoms with E-state index < -0.39 is 23.2 Å². The van der Waals surface area contributed by atoms with Crippen molar-refractivity contribution in [2.45, 2.75) is 12.0 Å². The van der Waals surface area contributed by atoms with Crippen LogP contribution in [0.15, 0.2) is 22.7 Å². The number of carboxylic acids is 1. The van der Waals surface area contributed by atoms with Crippen LogP contribution in [0.3, 0.4) is 0 Å². The third kappa shape index (κ3) is 2.62. The summed E-state index contributed by atoms with van der Waals surface area (Å²) >= 11 is 3.16. The van der Waals surface area contributed by atoms with Crippen molar-refractivity contribution in [2.24, 2.45) is 5.73 Å². The first-order chi connectivity index (χ1) is 8.83. The Morgan fingerprint density at radius 2 is 2.16 bits per heavy atom. The van der Waals surface area contributed by atoms with Gasteiger partial charge in [-0.15, -0.1) is 0 Å². The summed E-state index contributed by atoms with van der Waals surface area (Å²) in [6.45, 7) is 0.0840. The molecule has 1 aromatic rings. The zero-order valence-electron chi connectivity index (χ0n) is 9.90. The first-order valence-electron chi connectivity index (χ1n) is 5.60. The molecule has 1 aliphatic rings. The molecule has 1 amide bonds. The smallest absolute Gasteiger partial charge is 0.325 e. The maximum atomic E-state index is 13.6. The fraction of sp³-hybridized carbons (Fsp3) is 0.333. The van der Waals surface area contributed by atoms with Gasteiger partial charge in [-0.3, -0.25) is 9.59 Å². The fourth-order valence-electron chi connectivity index (χ4n) is 2.01. The number of carboxylic acid groups (broad SMARTS) is 1. The lowest BCUT2D eigenvalue weighted by Crippen LogP contribution is -2.50. The number of hydrogen-bond donors (Lipinski definition) is 2. The zero-order chi connectivity index (χ0) is 14.2. The minimum absolute atomic E-state index is 0.0935. The van der Waals surface area contributed by atoms with Crippen molar-refractivity contribution in [1.29, 1.82) is 0 Å². The predicted octanol–water partition coefficient (Wildman–Crippen LogP) is 1.22. The molecular weight excluding hydrogens is 319 g/mol. The van der Waals surface area contributed by atoms with Gasteiger partial charge in [0.25, 0.3) is 5.91 Å². The largest absolute Gasteiger partial charge is 0.480 e. The number of hydrogen-bond acceptors (Lipinski definition) is 3. The van der Waals surface area contributed by atoms with Gasteiger partial charge in [0.2, 0.25) is 0 Å². The number of halogens is 2. The van der Waals surface area contributed by atoms with Gasteiger partial charge < -0.3 is 15.7 Å². The Labute approximate surface area is 117 Å². The molecule has 1 heterocycles. The van der Waals surface area contributed by atoms with Gasteiger partial charge in [-0.2, -0.15) is 0 Å². The van der Waals surface area contributed by atoms with Crippen LogP contribution in [0.4, 0.5) is 4.39 Å².